The maximum atomic E-state index is 12.2. The third-order valence-electron chi connectivity index (χ3n) is 2.32. The van der Waals surface area contributed by atoms with E-state index < -0.39 is 26.6 Å². The SMILES string of the molecule is CC(C)S(=O)c1c(S(C)(=O)=O)ccc(C(=O)O)c1Cl. The smallest absolute Gasteiger partial charge is 0.337 e. The van der Waals surface area contributed by atoms with Gasteiger partial charge in [-0.3, -0.25) is 4.21 Å². The molecule has 0 bridgehead atoms. The van der Waals surface area contributed by atoms with Crippen LogP contribution in [0.4, 0.5) is 0 Å². The Balaban J connectivity index is 3.75. The minimum absolute atomic E-state index is 0.140. The summed E-state index contributed by atoms with van der Waals surface area (Å²) in [4.78, 5) is 10.7. The van der Waals surface area contributed by atoms with Crippen LogP contribution in [0, 0.1) is 0 Å². The van der Waals surface area contributed by atoms with E-state index in [1.165, 1.54) is 0 Å². The van der Waals surface area contributed by atoms with E-state index in [1.54, 1.807) is 13.8 Å². The predicted octanol–water partition coefficient (Wildman–Crippen LogP) is 1.96. The predicted molar refractivity (Wildman–Crippen MR) is 73.1 cm³/mol. The summed E-state index contributed by atoms with van der Waals surface area (Å²) in [6.45, 7) is 3.26. The number of hydrogen-bond donors (Lipinski definition) is 1. The van der Waals surface area contributed by atoms with Crippen LogP contribution in [-0.4, -0.2) is 35.2 Å². The van der Waals surface area contributed by atoms with E-state index in [9.17, 15) is 17.4 Å². The molecule has 0 aromatic heterocycles. The highest BCUT2D eigenvalue weighted by molar-refractivity contribution is 7.92. The fourth-order valence-electron chi connectivity index (χ4n) is 1.42. The number of carbonyl (C=O) groups is 1. The highest BCUT2D eigenvalue weighted by atomic mass is 35.5. The van der Waals surface area contributed by atoms with Crippen LogP contribution in [0.2, 0.25) is 5.02 Å². The number of benzene rings is 1. The number of halogens is 1. The number of rotatable bonds is 4. The Morgan fingerprint density at radius 2 is 1.89 bits per heavy atom. The molecule has 1 rings (SSSR count). The van der Waals surface area contributed by atoms with Gasteiger partial charge in [0.05, 0.1) is 31.2 Å². The van der Waals surface area contributed by atoms with Crippen LogP contribution < -0.4 is 0 Å². The van der Waals surface area contributed by atoms with Crippen molar-refractivity contribution in [2.75, 3.05) is 6.26 Å². The van der Waals surface area contributed by atoms with Crippen LogP contribution in [-0.2, 0) is 20.6 Å². The van der Waals surface area contributed by atoms with Crippen molar-refractivity contribution in [3.63, 3.8) is 0 Å². The van der Waals surface area contributed by atoms with Crippen LogP contribution in [0.25, 0.3) is 0 Å². The van der Waals surface area contributed by atoms with Gasteiger partial charge in [-0.1, -0.05) is 25.4 Å². The Morgan fingerprint density at radius 1 is 1.37 bits per heavy atom. The molecule has 0 saturated heterocycles. The highest BCUT2D eigenvalue weighted by Gasteiger charge is 2.26. The second-order valence-electron chi connectivity index (χ2n) is 4.18. The minimum Gasteiger partial charge on any atom is -0.478 e. The average molecular weight is 325 g/mol. The Hall–Kier alpha value is -0.920. The van der Waals surface area contributed by atoms with E-state index in [1.807, 2.05) is 0 Å². The average Bonchev–Trinajstić information content (AvgIpc) is 2.25. The molecule has 1 aromatic carbocycles. The summed E-state index contributed by atoms with van der Waals surface area (Å²) in [7, 11) is -5.35. The minimum atomic E-state index is -3.65. The zero-order chi connectivity index (χ0) is 15.0. The third-order valence-corrected chi connectivity index (χ3v) is 5.78. The first kappa shape index (κ1) is 16.1. The Bertz CT molecular complexity index is 649. The maximum absolute atomic E-state index is 12.2. The van der Waals surface area contributed by atoms with Crippen LogP contribution in [0.1, 0.15) is 24.2 Å². The van der Waals surface area contributed by atoms with E-state index in [4.69, 9.17) is 16.7 Å². The zero-order valence-corrected chi connectivity index (χ0v) is 12.9. The lowest BCUT2D eigenvalue weighted by Crippen LogP contribution is -2.13. The molecule has 0 aliphatic heterocycles. The van der Waals surface area contributed by atoms with Gasteiger partial charge in [0, 0.05) is 11.5 Å². The van der Waals surface area contributed by atoms with Gasteiger partial charge in [-0.25, -0.2) is 13.2 Å². The molecule has 0 aliphatic carbocycles. The molecule has 1 N–H and O–H groups in total. The van der Waals surface area contributed by atoms with E-state index in [2.05, 4.69) is 0 Å². The summed E-state index contributed by atoms with van der Waals surface area (Å²) in [5.41, 5.74) is -0.266. The van der Waals surface area contributed by atoms with Crippen molar-refractivity contribution >= 4 is 38.2 Å². The molecule has 0 amide bonds. The lowest BCUT2D eigenvalue weighted by molar-refractivity contribution is 0.0696. The summed E-state index contributed by atoms with van der Waals surface area (Å²) in [5, 5.41) is 8.29. The topological polar surface area (TPSA) is 88.5 Å². The van der Waals surface area contributed by atoms with Gasteiger partial charge < -0.3 is 5.11 Å². The molecule has 1 atom stereocenters. The summed E-state index contributed by atoms with van der Waals surface area (Å²) >= 11 is 5.92. The van der Waals surface area contributed by atoms with Crippen molar-refractivity contribution in [2.24, 2.45) is 0 Å². The zero-order valence-electron chi connectivity index (χ0n) is 10.5. The highest BCUT2D eigenvalue weighted by Crippen LogP contribution is 2.32. The molecule has 0 aliphatic rings. The Labute approximate surface area is 119 Å². The first-order chi connectivity index (χ1) is 8.57. The first-order valence-electron chi connectivity index (χ1n) is 5.23. The van der Waals surface area contributed by atoms with Crippen molar-refractivity contribution < 1.29 is 22.5 Å². The second-order valence-corrected chi connectivity index (χ2v) is 8.49. The van der Waals surface area contributed by atoms with Gasteiger partial charge in [0.15, 0.2) is 9.84 Å². The fourth-order valence-corrected chi connectivity index (χ4v) is 4.43. The molecule has 0 fully saturated rings. The molecule has 0 spiro atoms. The molecular formula is C11H13ClO5S2. The summed E-state index contributed by atoms with van der Waals surface area (Å²) < 4.78 is 35.5. The van der Waals surface area contributed by atoms with Gasteiger partial charge in [0.1, 0.15) is 0 Å². The molecule has 5 nitrogen and oxygen atoms in total. The van der Waals surface area contributed by atoms with Crippen LogP contribution in [0.3, 0.4) is 0 Å². The van der Waals surface area contributed by atoms with Crippen molar-refractivity contribution in [1.29, 1.82) is 0 Å². The lowest BCUT2D eigenvalue weighted by atomic mass is 10.2. The number of hydrogen-bond acceptors (Lipinski definition) is 4. The fraction of sp³-hybridized carbons (Fsp3) is 0.364. The van der Waals surface area contributed by atoms with Crippen molar-refractivity contribution in [3.8, 4) is 0 Å². The quantitative estimate of drug-likeness (QED) is 0.914. The number of sulfone groups is 1. The summed E-state index contributed by atoms with van der Waals surface area (Å²) in [6, 6.07) is 2.22. The molecule has 0 radical (unpaired) electrons. The molecule has 106 valence electrons. The van der Waals surface area contributed by atoms with Crippen LogP contribution >= 0.6 is 11.6 Å². The Kier molecular flexibility index (Phi) is 4.76. The van der Waals surface area contributed by atoms with Crippen molar-refractivity contribution in [2.45, 2.75) is 28.9 Å². The van der Waals surface area contributed by atoms with Gasteiger partial charge in [-0.05, 0) is 12.1 Å². The first-order valence-corrected chi connectivity index (χ1v) is 8.72. The standard InChI is InChI=1S/C11H13ClO5S2/c1-6(2)18(15)10-8(19(3,16)17)5-4-7(9(10)12)11(13)14/h4-6H,1-3H3,(H,13,14). The van der Waals surface area contributed by atoms with E-state index in [-0.39, 0.29) is 25.6 Å². The molecule has 1 unspecified atom stereocenters. The van der Waals surface area contributed by atoms with Crippen molar-refractivity contribution in [1.82, 2.24) is 0 Å². The van der Waals surface area contributed by atoms with E-state index in [0.717, 1.165) is 18.4 Å². The van der Waals surface area contributed by atoms with Gasteiger partial charge in [0.2, 0.25) is 0 Å². The number of aromatic carboxylic acids is 1. The third kappa shape index (κ3) is 3.34. The Morgan fingerprint density at radius 3 is 2.26 bits per heavy atom. The molecule has 0 heterocycles. The van der Waals surface area contributed by atoms with Gasteiger partial charge in [-0.15, -0.1) is 0 Å². The monoisotopic (exact) mass is 324 g/mol. The summed E-state index contributed by atoms with van der Waals surface area (Å²) in [5.74, 6) is -1.30. The second kappa shape index (κ2) is 5.60. The number of carboxylic acid groups (broad SMARTS) is 1. The largest absolute Gasteiger partial charge is 0.478 e. The lowest BCUT2D eigenvalue weighted by Gasteiger charge is -2.13. The maximum Gasteiger partial charge on any atom is 0.337 e. The summed E-state index contributed by atoms with van der Waals surface area (Å²) in [6.07, 6.45) is 0.958. The van der Waals surface area contributed by atoms with Crippen LogP contribution in [0.5, 0.6) is 0 Å². The van der Waals surface area contributed by atoms with Crippen LogP contribution in [0.15, 0.2) is 21.9 Å². The molecule has 0 saturated carbocycles. The number of carboxylic acids is 1. The van der Waals surface area contributed by atoms with E-state index >= 15 is 0 Å². The van der Waals surface area contributed by atoms with E-state index in [0.29, 0.717) is 0 Å². The molecule has 19 heavy (non-hydrogen) atoms. The van der Waals surface area contributed by atoms with Gasteiger partial charge in [-0.2, -0.15) is 0 Å². The molecular weight excluding hydrogens is 312 g/mol. The normalized spacial score (nSPS) is 13.5. The van der Waals surface area contributed by atoms with Crippen molar-refractivity contribution in [3.05, 3.63) is 22.7 Å². The molecule has 8 heteroatoms. The molecule has 1 aromatic rings. The van der Waals surface area contributed by atoms with Gasteiger partial charge >= 0.3 is 5.97 Å². The van der Waals surface area contributed by atoms with Gasteiger partial charge in [0.25, 0.3) is 0 Å².